The fourth-order valence-corrected chi connectivity index (χ4v) is 3.71. The van der Waals surface area contributed by atoms with Gasteiger partial charge in [-0.25, -0.2) is 9.69 Å². The van der Waals surface area contributed by atoms with Crippen LogP contribution in [-0.4, -0.2) is 11.2 Å². The van der Waals surface area contributed by atoms with Crippen LogP contribution in [0.2, 0.25) is 40.2 Å². The Kier molecular flexibility index (Phi) is 6.55. The lowest BCUT2D eigenvalue weighted by atomic mass is 10.2. The van der Waals surface area contributed by atoms with Gasteiger partial charge in [0.05, 0.1) is 51.6 Å². The van der Waals surface area contributed by atoms with Crippen LogP contribution in [-0.2, 0) is 0 Å². The van der Waals surface area contributed by atoms with Crippen LogP contribution in [0.3, 0.4) is 0 Å². The van der Waals surface area contributed by atoms with E-state index in [0.717, 1.165) is 0 Å². The maximum Gasteiger partial charge on any atom is 0.416 e. The first-order chi connectivity index (χ1) is 11.1. The van der Waals surface area contributed by atoms with Gasteiger partial charge in [0.1, 0.15) is 0 Å². The summed E-state index contributed by atoms with van der Waals surface area (Å²) in [7, 11) is 0. The van der Waals surface area contributed by atoms with Gasteiger partial charge in [0.25, 0.3) is 0 Å². The van der Waals surface area contributed by atoms with Crippen molar-refractivity contribution in [1.82, 2.24) is 0 Å². The normalized spacial score (nSPS) is 10.8. The van der Waals surface area contributed by atoms with Crippen LogP contribution in [0, 0.1) is 0 Å². The van der Waals surface area contributed by atoms with Crippen molar-refractivity contribution in [2.24, 2.45) is 0 Å². The Morgan fingerprint density at radius 2 is 1.17 bits per heavy atom. The van der Waals surface area contributed by atoms with E-state index >= 15 is 0 Å². The van der Waals surface area contributed by atoms with Gasteiger partial charge in [0.15, 0.2) is 0 Å². The smallest absolute Gasteiger partial charge is 0.416 e. The summed E-state index contributed by atoms with van der Waals surface area (Å²) >= 11 is 48.0. The number of benzene rings is 2. The molecule has 0 aliphatic carbocycles. The molecule has 0 aromatic heterocycles. The zero-order valence-corrected chi connectivity index (χ0v) is 17.0. The van der Waals surface area contributed by atoms with Crippen molar-refractivity contribution in [2.45, 2.75) is 0 Å². The summed E-state index contributed by atoms with van der Waals surface area (Å²) in [6.45, 7) is 0. The second kappa shape index (κ2) is 7.73. The molecule has 2 rings (SSSR count). The molecule has 0 radical (unpaired) electrons. The highest BCUT2D eigenvalue weighted by atomic mass is 35.5. The van der Waals surface area contributed by atoms with E-state index < -0.39 is 6.09 Å². The van der Waals surface area contributed by atoms with E-state index in [0.29, 0.717) is 4.90 Å². The van der Waals surface area contributed by atoms with E-state index in [-0.39, 0.29) is 51.6 Å². The maximum atomic E-state index is 11.8. The molecule has 0 saturated heterocycles. The molecule has 1 N–H and O–H groups in total. The first kappa shape index (κ1) is 20.3. The molecular weight excluding hydrogens is 486 g/mol. The van der Waals surface area contributed by atoms with Gasteiger partial charge < -0.3 is 5.11 Å². The Balaban J connectivity index is 2.85. The van der Waals surface area contributed by atoms with Crippen LogP contribution < -0.4 is 4.90 Å². The van der Waals surface area contributed by atoms with Gasteiger partial charge >= 0.3 is 6.09 Å². The van der Waals surface area contributed by atoms with Crippen molar-refractivity contribution in [1.29, 1.82) is 0 Å². The molecule has 24 heavy (non-hydrogen) atoms. The zero-order valence-electron chi connectivity index (χ0n) is 11.0. The third-order valence-electron chi connectivity index (χ3n) is 2.86. The molecule has 128 valence electrons. The lowest BCUT2D eigenvalue weighted by Gasteiger charge is -2.24. The van der Waals surface area contributed by atoms with Gasteiger partial charge in [-0.2, -0.15) is 0 Å². The minimum atomic E-state index is -1.46. The van der Waals surface area contributed by atoms with Gasteiger partial charge in [0, 0.05) is 0 Å². The average Bonchev–Trinajstić information content (AvgIpc) is 2.53. The molecule has 2 aromatic carbocycles. The Bertz CT molecular complexity index is 826. The molecular formula is C13H3Cl8NO2. The first-order valence-corrected chi connectivity index (χ1v) is 8.79. The van der Waals surface area contributed by atoms with Crippen molar-refractivity contribution < 1.29 is 9.90 Å². The Labute approximate surface area is 176 Å². The molecule has 2 aromatic rings. The number of hydrogen-bond donors (Lipinski definition) is 1. The summed E-state index contributed by atoms with van der Waals surface area (Å²) in [6.07, 6.45) is -1.46. The van der Waals surface area contributed by atoms with Crippen LogP contribution >= 0.6 is 92.8 Å². The molecule has 0 saturated carbocycles. The van der Waals surface area contributed by atoms with Gasteiger partial charge in [-0.05, 0) is 12.1 Å². The highest BCUT2D eigenvalue weighted by Gasteiger charge is 2.30. The molecule has 0 atom stereocenters. The van der Waals surface area contributed by atoms with Gasteiger partial charge in [-0.15, -0.1) is 0 Å². The van der Waals surface area contributed by atoms with E-state index in [1.165, 1.54) is 12.1 Å². The van der Waals surface area contributed by atoms with E-state index in [1.807, 2.05) is 0 Å². The summed E-state index contributed by atoms with van der Waals surface area (Å²) in [5, 5.41) is 8.72. The van der Waals surface area contributed by atoms with Crippen molar-refractivity contribution in [3.63, 3.8) is 0 Å². The Morgan fingerprint density at radius 1 is 0.708 bits per heavy atom. The molecule has 0 unspecified atom stereocenters. The minimum Gasteiger partial charge on any atom is -0.464 e. The standard InChI is InChI=1S/C13H3Cl8NO2/c14-3-1-2-4(6(16)5(3)15)22(13(23)24)12-10(20)8(18)7(17)9(19)11(12)21/h1-2H,(H,23,24). The second-order valence-electron chi connectivity index (χ2n) is 4.23. The van der Waals surface area contributed by atoms with Crippen LogP contribution in [0.1, 0.15) is 0 Å². The molecule has 0 fully saturated rings. The first-order valence-electron chi connectivity index (χ1n) is 5.77. The summed E-state index contributed by atoms with van der Waals surface area (Å²) < 4.78 is 0. The van der Waals surface area contributed by atoms with E-state index in [9.17, 15) is 9.90 Å². The predicted molar refractivity (Wildman–Crippen MR) is 103 cm³/mol. The number of carbonyl (C=O) groups is 1. The lowest BCUT2D eigenvalue weighted by Crippen LogP contribution is -2.25. The van der Waals surface area contributed by atoms with E-state index in [2.05, 4.69) is 0 Å². The number of amides is 1. The van der Waals surface area contributed by atoms with Crippen molar-refractivity contribution in [2.75, 3.05) is 4.90 Å². The van der Waals surface area contributed by atoms with Crippen LogP contribution in [0.4, 0.5) is 16.2 Å². The van der Waals surface area contributed by atoms with Crippen molar-refractivity contribution >= 4 is 110 Å². The lowest BCUT2D eigenvalue weighted by molar-refractivity contribution is 0.205. The largest absolute Gasteiger partial charge is 0.464 e. The molecule has 11 heteroatoms. The minimum absolute atomic E-state index is 0.0412. The summed E-state index contributed by atoms with van der Waals surface area (Å²) in [6, 6.07) is 2.69. The van der Waals surface area contributed by atoms with Gasteiger partial charge in [0.2, 0.25) is 0 Å². The highest BCUT2D eigenvalue weighted by Crippen LogP contribution is 2.51. The zero-order chi connectivity index (χ0) is 18.3. The molecule has 0 heterocycles. The second-order valence-corrected chi connectivity index (χ2v) is 7.28. The summed E-state index contributed by atoms with van der Waals surface area (Å²) in [5.74, 6) is 0. The van der Waals surface area contributed by atoms with Crippen LogP contribution in [0.5, 0.6) is 0 Å². The Hall–Kier alpha value is 0.0300. The maximum absolute atomic E-state index is 11.8. The fourth-order valence-electron chi connectivity index (χ4n) is 1.80. The number of anilines is 2. The quantitative estimate of drug-likeness (QED) is 0.339. The summed E-state index contributed by atoms with van der Waals surface area (Å²) in [4.78, 5) is 12.5. The average molecular weight is 489 g/mol. The molecule has 0 bridgehead atoms. The van der Waals surface area contributed by atoms with Crippen molar-refractivity contribution in [3.8, 4) is 0 Å². The summed E-state index contributed by atoms with van der Waals surface area (Å²) in [5.41, 5.74) is -0.262. The number of halogens is 8. The molecule has 3 nitrogen and oxygen atoms in total. The topological polar surface area (TPSA) is 40.5 Å². The predicted octanol–water partition coefficient (Wildman–Crippen LogP) is 8.73. The van der Waals surface area contributed by atoms with Gasteiger partial charge in [-0.3, -0.25) is 0 Å². The Morgan fingerprint density at radius 3 is 1.62 bits per heavy atom. The monoisotopic (exact) mass is 485 g/mol. The van der Waals surface area contributed by atoms with Gasteiger partial charge in [-0.1, -0.05) is 92.8 Å². The number of rotatable bonds is 2. The van der Waals surface area contributed by atoms with Crippen molar-refractivity contribution in [3.05, 3.63) is 52.3 Å². The molecule has 0 aliphatic rings. The third-order valence-corrected chi connectivity index (χ3v) is 6.40. The number of hydrogen-bond acceptors (Lipinski definition) is 1. The van der Waals surface area contributed by atoms with E-state index in [4.69, 9.17) is 92.8 Å². The molecule has 0 aliphatic heterocycles. The van der Waals surface area contributed by atoms with Crippen LogP contribution in [0.25, 0.3) is 0 Å². The number of nitrogens with zero attached hydrogens (tertiary/aromatic N) is 1. The fraction of sp³-hybridized carbons (Fsp3) is 0. The third kappa shape index (κ3) is 3.46. The van der Waals surface area contributed by atoms with Crippen LogP contribution in [0.15, 0.2) is 12.1 Å². The SMILES string of the molecule is O=C(O)N(c1ccc(Cl)c(Cl)c1Cl)c1c(Cl)c(Cl)c(Cl)c(Cl)c1Cl. The number of carboxylic acid groups (broad SMARTS) is 1. The van der Waals surface area contributed by atoms with E-state index in [1.54, 1.807) is 0 Å². The highest BCUT2D eigenvalue weighted by molar-refractivity contribution is 6.57. The molecule has 0 spiro atoms. The molecule has 1 amide bonds.